The van der Waals surface area contributed by atoms with Gasteiger partial charge in [-0.3, -0.25) is 15.0 Å². The zero-order valence-corrected chi connectivity index (χ0v) is 15.0. The van der Waals surface area contributed by atoms with Gasteiger partial charge < -0.3 is 5.32 Å². The fourth-order valence-corrected chi connectivity index (χ4v) is 3.38. The van der Waals surface area contributed by atoms with Crippen LogP contribution in [0.4, 0.5) is 11.4 Å². The first-order valence-corrected chi connectivity index (χ1v) is 8.40. The van der Waals surface area contributed by atoms with Crippen LogP contribution in [0, 0.1) is 20.8 Å². The van der Waals surface area contributed by atoms with Crippen molar-refractivity contribution in [3.8, 4) is 0 Å². The second kappa shape index (κ2) is 6.59. The number of benzene rings is 2. The number of hydrogen-bond acceptors (Lipinski definition) is 3. The second-order valence-corrected chi connectivity index (χ2v) is 6.55. The van der Waals surface area contributed by atoms with E-state index in [9.17, 15) is 9.59 Å². The first-order chi connectivity index (χ1) is 11.9. The smallest absolute Gasteiger partial charge is 0.253 e. The van der Waals surface area contributed by atoms with Crippen molar-refractivity contribution in [3.05, 3.63) is 58.7 Å². The van der Waals surface area contributed by atoms with Gasteiger partial charge in [-0.1, -0.05) is 35.9 Å². The van der Waals surface area contributed by atoms with Gasteiger partial charge in [-0.15, -0.1) is 0 Å². The molecule has 25 heavy (non-hydrogen) atoms. The summed E-state index contributed by atoms with van der Waals surface area (Å²) < 4.78 is 0. The zero-order valence-electron chi connectivity index (χ0n) is 15.0. The molecule has 1 heterocycles. The van der Waals surface area contributed by atoms with Crippen molar-refractivity contribution in [2.75, 3.05) is 17.5 Å². The Morgan fingerprint density at radius 2 is 1.84 bits per heavy atom. The lowest BCUT2D eigenvalue weighted by Gasteiger charge is -2.23. The minimum Gasteiger partial charge on any atom is -0.359 e. The van der Waals surface area contributed by atoms with Gasteiger partial charge in [-0.25, -0.2) is 5.01 Å². The van der Waals surface area contributed by atoms with Crippen LogP contribution in [0.1, 0.15) is 34.6 Å². The number of carbonyl (C=O) groups excluding carboxylic acids is 2. The van der Waals surface area contributed by atoms with Crippen LogP contribution in [-0.4, -0.2) is 18.9 Å². The average molecular weight is 337 g/mol. The summed E-state index contributed by atoms with van der Waals surface area (Å²) >= 11 is 0. The summed E-state index contributed by atoms with van der Waals surface area (Å²) in [7, 11) is 1.59. The van der Waals surface area contributed by atoms with Crippen molar-refractivity contribution in [1.82, 2.24) is 5.32 Å². The van der Waals surface area contributed by atoms with Crippen LogP contribution in [0.3, 0.4) is 0 Å². The molecule has 0 bridgehead atoms. The molecule has 0 fully saturated rings. The van der Waals surface area contributed by atoms with Crippen molar-refractivity contribution in [1.29, 1.82) is 0 Å². The number of hydrazine groups is 1. The van der Waals surface area contributed by atoms with Gasteiger partial charge in [0, 0.05) is 13.5 Å². The van der Waals surface area contributed by atoms with Gasteiger partial charge in [-0.2, -0.15) is 0 Å². The van der Waals surface area contributed by atoms with E-state index in [1.165, 1.54) is 0 Å². The van der Waals surface area contributed by atoms with E-state index in [1.807, 2.05) is 51.1 Å². The predicted molar refractivity (Wildman–Crippen MR) is 99.6 cm³/mol. The summed E-state index contributed by atoms with van der Waals surface area (Å²) in [6.45, 7) is 5.99. The lowest BCUT2D eigenvalue weighted by Crippen LogP contribution is -2.36. The number of rotatable bonds is 4. The van der Waals surface area contributed by atoms with E-state index in [0.29, 0.717) is 0 Å². The average Bonchev–Trinajstić information content (AvgIpc) is 2.82. The first kappa shape index (κ1) is 17.0. The number of aryl methyl sites for hydroxylation is 3. The van der Waals surface area contributed by atoms with Crippen LogP contribution in [-0.2, 0) is 9.59 Å². The van der Waals surface area contributed by atoms with Crippen LogP contribution in [0.5, 0.6) is 0 Å². The molecule has 0 spiro atoms. The van der Waals surface area contributed by atoms with Crippen LogP contribution in [0.15, 0.2) is 36.4 Å². The lowest BCUT2D eigenvalue weighted by atomic mass is 9.94. The Labute approximate surface area is 148 Å². The summed E-state index contributed by atoms with van der Waals surface area (Å²) in [5, 5.41) is 4.21. The number of para-hydroxylation sites is 1. The molecular formula is C20H23N3O2. The van der Waals surface area contributed by atoms with Gasteiger partial charge in [-0.05, 0) is 43.5 Å². The molecule has 130 valence electrons. The molecule has 0 aromatic heterocycles. The molecule has 1 atom stereocenters. The van der Waals surface area contributed by atoms with Gasteiger partial charge >= 0.3 is 0 Å². The van der Waals surface area contributed by atoms with Crippen molar-refractivity contribution in [2.24, 2.45) is 0 Å². The number of nitrogens with zero attached hydrogens (tertiary/aromatic N) is 1. The molecule has 2 aromatic rings. The SMILES string of the molecule is CNC(=O)CC1C(=O)N(Nc2ccccc2C)c2c(C)cc(C)cc21. The fraction of sp³-hybridized carbons (Fsp3) is 0.300. The molecule has 1 unspecified atom stereocenters. The highest BCUT2D eigenvalue weighted by molar-refractivity contribution is 6.08. The Balaban J connectivity index is 2.04. The van der Waals surface area contributed by atoms with Gasteiger partial charge in [0.25, 0.3) is 5.91 Å². The maximum absolute atomic E-state index is 13.1. The molecule has 0 aliphatic carbocycles. The minimum atomic E-state index is -0.468. The Bertz CT molecular complexity index is 845. The Hall–Kier alpha value is -2.82. The first-order valence-electron chi connectivity index (χ1n) is 8.40. The van der Waals surface area contributed by atoms with E-state index in [0.717, 1.165) is 33.6 Å². The Kier molecular flexibility index (Phi) is 4.49. The third-order valence-electron chi connectivity index (χ3n) is 4.64. The maximum Gasteiger partial charge on any atom is 0.253 e. The molecule has 1 aliphatic rings. The molecule has 3 rings (SSSR count). The van der Waals surface area contributed by atoms with E-state index in [1.54, 1.807) is 12.1 Å². The molecule has 0 saturated heterocycles. The fourth-order valence-electron chi connectivity index (χ4n) is 3.38. The molecule has 5 heteroatoms. The monoisotopic (exact) mass is 337 g/mol. The lowest BCUT2D eigenvalue weighted by molar-refractivity contribution is -0.125. The normalized spacial score (nSPS) is 15.9. The zero-order chi connectivity index (χ0) is 18.1. The van der Waals surface area contributed by atoms with E-state index >= 15 is 0 Å². The van der Waals surface area contributed by atoms with Gasteiger partial charge in [0.1, 0.15) is 0 Å². The Morgan fingerprint density at radius 1 is 1.12 bits per heavy atom. The molecule has 2 N–H and O–H groups in total. The number of anilines is 2. The predicted octanol–water partition coefficient (Wildman–Crippen LogP) is 3.21. The van der Waals surface area contributed by atoms with Crippen molar-refractivity contribution in [2.45, 2.75) is 33.1 Å². The Morgan fingerprint density at radius 3 is 2.52 bits per heavy atom. The summed E-state index contributed by atoms with van der Waals surface area (Å²) in [5.74, 6) is -0.707. The second-order valence-electron chi connectivity index (χ2n) is 6.55. The third-order valence-corrected chi connectivity index (χ3v) is 4.64. The highest BCUT2D eigenvalue weighted by Crippen LogP contribution is 2.42. The van der Waals surface area contributed by atoms with E-state index in [-0.39, 0.29) is 18.2 Å². The minimum absolute atomic E-state index is 0.101. The molecule has 2 aromatic carbocycles. The largest absolute Gasteiger partial charge is 0.359 e. The highest BCUT2D eigenvalue weighted by Gasteiger charge is 2.40. The number of hydrogen-bond donors (Lipinski definition) is 2. The maximum atomic E-state index is 13.1. The van der Waals surface area contributed by atoms with Gasteiger partial charge in [0.05, 0.1) is 17.3 Å². The molecule has 1 aliphatic heterocycles. The van der Waals surface area contributed by atoms with Crippen LogP contribution >= 0.6 is 0 Å². The standard InChI is InChI=1S/C20H23N3O2/c1-12-9-14(3)19-15(10-12)16(11-18(24)21-4)20(25)23(19)22-17-8-6-5-7-13(17)2/h5-10,16,22H,11H2,1-4H3,(H,21,24). The summed E-state index contributed by atoms with van der Waals surface area (Å²) in [4.78, 5) is 25.0. The van der Waals surface area contributed by atoms with Crippen molar-refractivity contribution >= 4 is 23.2 Å². The quantitative estimate of drug-likeness (QED) is 0.900. The summed E-state index contributed by atoms with van der Waals surface area (Å²) in [5.41, 5.74) is 9.05. The molecular weight excluding hydrogens is 314 g/mol. The third kappa shape index (κ3) is 3.09. The van der Waals surface area contributed by atoms with E-state index < -0.39 is 5.92 Å². The van der Waals surface area contributed by atoms with Crippen LogP contribution in [0.2, 0.25) is 0 Å². The van der Waals surface area contributed by atoms with E-state index in [4.69, 9.17) is 0 Å². The van der Waals surface area contributed by atoms with Gasteiger partial charge in [0.15, 0.2) is 0 Å². The summed E-state index contributed by atoms with van der Waals surface area (Å²) in [6.07, 6.45) is 0.150. The van der Waals surface area contributed by atoms with Crippen molar-refractivity contribution in [3.63, 3.8) is 0 Å². The van der Waals surface area contributed by atoms with Crippen LogP contribution in [0.25, 0.3) is 0 Å². The molecule has 5 nitrogen and oxygen atoms in total. The van der Waals surface area contributed by atoms with Gasteiger partial charge in [0.2, 0.25) is 5.91 Å². The number of nitrogens with one attached hydrogen (secondary N) is 2. The number of fused-ring (bicyclic) bond motifs is 1. The number of carbonyl (C=O) groups is 2. The number of amides is 2. The van der Waals surface area contributed by atoms with Crippen LogP contribution < -0.4 is 15.8 Å². The molecule has 0 saturated carbocycles. The highest BCUT2D eigenvalue weighted by atomic mass is 16.2. The molecule has 2 amide bonds. The van der Waals surface area contributed by atoms with E-state index in [2.05, 4.69) is 16.8 Å². The topological polar surface area (TPSA) is 61.4 Å². The molecule has 0 radical (unpaired) electrons. The summed E-state index contributed by atoms with van der Waals surface area (Å²) in [6, 6.07) is 11.9. The van der Waals surface area contributed by atoms with Crippen molar-refractivity contribution < 1.29 is 9.59 Å².